The van der Waals surface area contributed by atoms with E-state index in [0.29, 0.717) is 0 Å². The summed E-state index contributed by atoms with van der Waals surface area (Å²) in [7, 11) is 1.69. The van der Waals surface area contributed by atoms with Crippen LogP contribution in [0, 0.1) is 0 Å². The summed E-state index contributed by atoms with van der Waals surface area (Å²) in [6.07, 6.45) is 1.95. The van der Waals surface area contributed by atoms with Crippen LogP contribution < -0.4 is 10.2 Å². The van der Waals surface area contributed by atoms with Crippen LogP contribution in [0.3, 0.4) is 0 Å². The second-order valence-electron chi connectivity index (χ2n) is 7.32. The minimum atomic E-state index is -0.558. The van der Waals surface area contributed by atoms with Crippen molar-refractivity contribution in [3.05, 3.63) is 29.3 Å². The molecule has 0 aromatic heterocycles. The molecule has 1 fully saturated rings. The third kappa shape index (κ3) is 6.05. The number of nitrogens with zero attached hydrogens (tertiary/aromatic N) is 2. The molecule has 1 heterocycles. The minimum Gasteiger partial charge on any atom is -0.496 e. The fraction of sp³-hybridized carbons (Fsp3) is 0.579. The summed E-state index contributed by atoms with van der Waals surface area (Å²) in [5.74, 6) is 0.878. The molecule has 25 heavy (non-hydrogen) atoms. The fourth-order valence-corrected chi connectivity index (χ4v) is 2.80. The van der Waals surface area contributed by atoms with Gasteiger partial charge in [0.15, 0.2) is 0 Å². The zero-order chi connectivity index (χ0) is 18.4. The highest BCUT2D eigenvalue weighted by Crippen LogP contribution is 2.23. The third-order valence-electron chi connectivity index (χ3n) is 4.00. The molecule has 1 aromatic rings. The highest BCUT2D eigenvalue weighted by molar-refractivity contribution is 5.99. The van der Waals surface area contributed by atoms with Crippen molar-refractivity contribution in [2.45, 2.75) is 52.7 Å². The number of benzene rings is 1. The molecular formula is C19H29N3O3. The van der Waals surface area contributed by atoms with E-state index in [1.165, 1.54) is 12.8 Å². The van der Waals surface area contributed by atoms with E-state index in [4.69, 9.17) is 9.47 Å². The first-order valence-corrected chi connectivity index (χ1v) is 8.71. The molecule has 1 saturated heterocycles. The molecular weight excluding hydrogens is 318 g/mol. The van der Waals surface area contributed by atoms with Crippen LogP contribution in [-0.2, 0) is 11.3 Å². The number of rotatable bonds is 5. The van der Waals surface area contributed by atoms with Crippen molar-refractivity contribution in [1.29, 1.82) is 0 Å². The van der Waals surface area contributed by atoms with Gasteiger partial charge in [-0.1, -0.05) is 0 Å². The van der Waals surface area contributed by atoms with Crippen LogP contribution in [0.15, 0.2) is 23.3 Å². The third-order valence-corrected chi connectivity index (χ3v) is 4.00. The smallest absolute Gasteiger partial charge is 0.428 e. The second kappa shape index (κ2) is 8.34. The summed E-state index contributed by atoms with van der Waals surface area (Å²) in [6, 6.07) is 5.97. The number of carbonyl (C=O) groups is 1. The number of hydrogen-bond acceptors (Lipinski definition) is 5. The molecule has 0 spiro atoms. The van der Waals surface area contributed by atoms with Crippen molar-refractivity contribution in [1.82, 2.24) is 10.3 Å². The number of carbonyl (C=O) groups excluding carboxylic acids is 1. The Balaban J connectivity index is 2.09. The lowest BCUT2D eigenvalue weighted by Gasteiger charge is -2.19. The SMILES string of the molecule is COc1ccc(/C(C)=N\NC(=O)OC(C)(C)C)cc1CN1CCCC1. The minimum absolute atomic E-state index is 0.545. The number of hydrazone groups is 1. The summed E-state index contributed by atoms with van der Waals surface area (Å²) < 4.78 is 10.7. The molecule has 0 atom stereocenters. The van der Waals surface area contributed by atoms with Crippen molar-refractivity contribution in [3.8, 4) is 5.75 Å². The van der Waals surface area contributed by atoms with E-state index in [0.717, 1.165) is 42.2 Å². The Labute approximate surface area is 150 Å². The predicted molar refractivity (Wildman–Crippen MR) is 99.1 cm³/mol. The Hall–Kier alpha value is -2.08. The van der Waals surface area contributed by atoms with Gasteiger partial charge >= 0.3 is 6.09 Å². The molecule has 0 radical (unpaired) electrons. The molecule has 6 nitrogen and oxygen atoms in total. The Morgan fingerprint density at radius 2 is 1.96 bits per heavy atom. The van der Waals surface area contributed by atoms with Gasteiger partial charge in [0.25, 0.3) is 0 Å². The number of nitrogens with one attached hydrogen (secondary N) is 1. The molecule has 1 aliphatic heterocycles. The lowest BCUT2D eigenvalue weighted by molar-refractivity contribution is 0.0529. The maximum atomic E-state index is 11.7. The van der Waals surface area contributed by atoms with E-state index in [9.17, 15) is 4.79 Å². The number of hydrogen-bond donors (Lipinski definition) is 1. The first-order chi connectivity index (χ1) is 11.8. The van der Waals surface area contributed by atoms with E-state index in [-0.39, 0.29) is 0 Å². The van der Waals surface area contributed by atoms with Gasteiger partial charge in [0.05, 0.1) is 12.8 Å². The molecule has 138 valence electrons. The average molecular weight is 347 g/mol. The second-order valence-corrected chi connectivity index (χ2v) is 7.32. The van der Waals surface area contributed by atoms with Crippen molar-refractivity contribution in [2.24, 2.45) is 5.10 Å². The van der Waals surface area contributed by atoms with E-state index >= 15 is 0 Å². The lowest BCUT2D eigenvalue weighted by atomic mass is 10.1. The first kappa shape index (κ1) is 19.2. The number of amides is 1. The van der Waals surface area contributed by atoms with Gasteiger partial charge in [-0.3, -0.25) is 4.90 Å². The van der Waals surface area contributed by atoms with Crippen molar-refractivity contribution in [3.63, 3.8) is 0 Å². The zero-order valence-electron chi connectivity index (χ0n) is 15.9. The fourth-order valence-electron chi connectivity index (χ4n) is 2.80. The largest absolute Gasteiger partial charge is 0.496 e. The summed E-state index contributed by atoms with van der Waals surface area (Å²) in [5, 5.41) is 4.14. The van der Waals surface area contributed by atoms with Gasteiger partial charge in [0.1, 0.15) is 11.4 Å². The summed E-state index contributed by atoms with van der Waals surface area (Å²) in [5.41, 5.74) is 4.70. The molecule has 2 rings (SSSR count). The molecule has 1 amide bonds. The molecule has 1 N–H and O–H groups in total. The van der Waals surface area contributed by atoms with Gasteiger partial charge in [0, 0.05) is 12.1 Å². The van der Waals surface area contributed by atoms with Crippen LogP contribution in [0.5, 0.6) is 5.75 Å². The summed E-state index contributed by atoms with van der Waals surface area (Å²) >= 11 is 0. The first-order valence-electron chi connectivity index (χ1n) is 8.71. The summed E-state index contributed by atoms with van der Waals surface area (Å²) in [6.45, 7) is 10.4. The number of likely N-dealkylation sites (tertiary alicyclic amines) is 1. The number of methoxy groups -OCH3 is 1. The Bertz CT molecular complexity index is 629. The molecule has 0 bridgehead atoms. The van der Waals surface area contributed by atoms with Gasteiger partial charge in [-0.25, -0.2) is 10.2 Å². The number of ether oxygens (including phenoxy) is 2. The quantitative estimate of drug-likeness (QED) is 0.654. The topological polar surface area (TPSA) is 63.2 Å². The molecule has 1 aliphatic rings. The molecule has 0 saturated carbocycles. The van der Waals surface area contributed by atoms with Gasteiger partial charge in [0.2, 0.25) is 0 Å². The highest BCUT2D eigenvalue weighted by Gasteiger charge is 2.17. The van der Waals surface area contributed by atoms with Crippen molar-refractivity contribution in [2.75, 3.05) is 20.2 Å². The van der Waals surface area contributed by atoms with E-state index in [1.807, 2.05) is 39.8 Å². The monoisotopic (exact) mass is 347 g/mol. The highest BCUT2D eigenvalue weighted by atomic mass is 16.6. The van der Waals surface area contributed by atoms with Crippen molar-refractivity contribution >= 4 is 11.8 Å². The Morgan fingerprint density at radius 3 is 2.56 bits per heavy atom. The van der Waals surface area contributed by atoms with Gasteiger partial charge < -0.3 is 9.47 Å². The lowest BCUT2D eigenvalue weighted by Crippen LogP contribution is -2.30. The molecule has 0 unspecified atom stereocenters. The van der Waals surface area contributed by atoms with Crippen LogP contribution in [0.1, 0.15) is 51.7 Å². The molecule has 1 aromatic carbocycles. The molecule has 6 heteroatoms. The average Bonchev–Trinajstić information content (AvgIpc) is 3.04. The van der Waals surface area contributed by atoms with E-state index in [2.05, 4.69) is 21.5 Å². The van der Waals surface area contributed by atoms with Gasteiger partial charge in [-0.2, -0.15) is 5.10 Å². The van der Waals surface area contributed by atoms with Crippen molar-refractivity contribution < 1.29 is 14.3 Å². The van der Waals surface area contributed by atoms with Crippen LogP contribution in [0.25, 0.3) is 0 Å². The predicted octanol–water partition coefficient (Wildman–Crippen LogP) is 3.54. The normalized spacial score (nSPS) is 16.0. The molecule has 0 aliphatic carbocycles. The maximum Gasteiger partial charge on any atom is 0.428 e. The zero-order valence-corrected chi connectivity index (χ0v) is 15.9. The van der Waals surface area contributed by atoms with Crippen LogP contribution in [0.4, 0.5) is 4.79 Å². The van der Waals surface area contributed by atoms with Crippen LogP contribution in [-0.4, -0.2) is 42.5 Å². The van der Waals surface area contributed by atoms with E-state index < -0.39 is 11.7 Å². The Morgan fingerprint density at radius 1 is 1.28 bits per heavy atom. The Kier molecular flexibility index (Phi) is 6.42. The van der Waals surface area contributed by atoms with E-state index in [1.54, 1.807) is 7.11 Å². The van der Waals surface area contributed by atoms with Gasteiger partial charge in [-0.15, -0.1) is 0 Å². The van der Waals surface area contributed by atoms with Crippen LogP contribution >= 0.6 is 0 Å². The maximum absolute atomic E-state index is 11.7. The van der Waals surface area contributed by atoms with Gasteiger partial charge in [-0.05, 0) is 77.4 Å². The standard InChI is InChI=1S/C19H29N3O3/c1-14(20-21-18(23)25-19(2,3)4)15-8-9-17(24-5)16(12-15)13-22-10-6-7-11-22/h8-9,12H,6-7,10-11,13H2,1-5H3,(H,21,23)/b20-14-. The van der Waals surface area contributed by atoms with Crippen LogP contribution in [0.2, 0.25) is 0 Å². The summed E-state index contributed by atoms with van der Waals surface area (Å²) in [4.78, 5) is 14.1.